The summed E-state index contributed by atoms with van der Waals surface area (Å²) in [5.41, 5.74) is 4.78. The van der Waals surface area contributed by atoms with Crippen LogP contribution in [0.1, 0.15) is 19.6 Å². The first-order valence-corrected chi connectivity index (χ1v) is 7.07. The molecule has 1 saturated heterocycles. The zero-order chi connectivity index (χ0) is 16.1. The zero-order valence-corrected chi connectivity index (χ0v) is 12.4. The van der Waals surface area contributed by atoms with Crippen molar-refractivity contribution in [2.24, 2.45) is 0 Å². The normalized spacial score (nSPS) is 32.0. The van der Waals surface area contributed by atoms with Crippen LogP contribution in [0.25, 0.3) is 11.2 Å². The number of alkyl halides is 1. The summed E-state index contributed by atoms with van der Waals surface area (Å²) in [7, 11) is 0. The molecule has 0 bridgehead atoms. The fraction of sp³-hybridized carbons (Fsp3) is 0.583. The van der Waals surface area contributed by atoms with E-state index in [0.29, 0.717) is 0 Å². The highest BCUT2D eigenvalue weighted by atomic mass is 35.5. The first-order valence-electron chi connectivity index (χ1n) is 6.70. The number of fused-ring (bicyclic) bond motifs is 1. The van der Waals surface area contributed by atoms with Gasteiger partial charge in [0.25, 0.3) is 0 Å². The van der Waals surface area contributed by atoms with Gasteiger partial charge in [-0.2, -0.15) is 9.97 Å². The van der Waals surface area contributed by atoms with E-state index >= 15 is 0 Å². The number of halogens is 2. The SMILES string of the molecule is CC[C@]1(CO)O[C@@H](n2cnc3c(N)nc(Cl)nc32)[C@@H](F)[C@@H]1O. The molecular weight excluding hydrogens is 317 g/mol. The van der Waals surface area contributed by atoms with E-state index in [0.717, 1.165) is 0 Å². The molecular formula is C12H15ClFN5O3. The number of nitrogen functional groups attached to an aromatic ring is 1. The number of rotatable bonds is 3. The Bertz CT molecular complexity index is 707. The van der Waals surface area contributed by atoms with Gasteiger partial charge < -0.3 is 20.7 Å². The van der Waals surface area contributed by atoms with Gasteiger partial charge >= 0.3 is 0 Å². The lowest BCUT2D eigenvalue weighted by atomic mass is 9.94. The summed E-state index contributed by atoms with van der Waals surface area (Å²) in [5.74, 6) is 0.0617. The van der Waals surface area contributed by atoms with Crippen LogP contribution in [0, 0.1) is 0 Å². The van der Waals surface area contributed by atoms with Gasteiger partial charge in [-0.05, 0) is 18.0 Å². The number of nitrogens with zero attached hydrogens (tertiary/aromatic N) is 4. The Morgan fingerprint density at radius 1 is 1.55 bits per heavy atom. The van der Waals surface area contributed by atoms with Crippen LogP contribution in [0.15, 0.2) is 6.33 Å². The standard InChI is InChI=1S/C12H15ClFN5O3/c1-2-12(3-20)7(21)5(14)10(22-12)19-4-16-6-8(15)17-11(13)18-9(6)19/h4-5,7,10,20-21H,2-3H2,1H3,(H2,15,17,18)/t5-,7-,10+,12+/m0/s1. The molecule has 2 aromatic heterocycles. The molecule has 0 aromatic carbocycles. The summed E-state index contributed by atoms with van der Waals surface area (Å²) in [5, 5.41) is 19.5. The topological polar surface area (TPSA) is 119 Å². The van der Waals surface area contributed by atoms with Crippen LogP contribution in [0.2, 0.25) is 5.28 Å². The quantitative estimate of drug-likeness (QED) is 0.698. The molecule has 0 radical (unpaired) electrons. The zero-order valence-electron chi connectivity index (χ0n) is 11.6. The summed E-state index contributed by atoms with van der Waals surface area (Å²) in [6.45, 7) is 1.18. The molecule has 3 rings (SSSR count). The van der Waals surface area contributed by atoms with Gasteiger partial charge in [0.1, 0.15) is 17.2 Å². The van der Waals surface area contributed by atoms with Crippen molar-refractivity contribution in [3.05, 3.63) is 11.6 Å². The summed E-state index contributed by atoms with van der Waals surface area (Å²) < 4.78 is 21.4. The van der Waals surface area contributed by atoms with Crippen molar-refractivity contribution in [1.29, 1.82) is 0 Å². The number of ether oxygens (including phenoxy) is 1. The van der Waals surface area contributed by atoms with Gasteiger partial charge in [-0.25, -0.2) is 9.37 Å². The van der Waals surface area contributed by atoms with E-state index in [1.165, 1.54) is 10.9 Å². The minimum absolute atomic E-state index is 0.0617. The highest BCUT2D eigenvalue weighted by molar-refractivity contribution is 6.28. The minimum atomic E-state index is -1.76. The van der Waals surface area contributed by atoms with Crippen LogP contribution in [0.4, 0.5) is 10.2 Å². The van der Waals surface area contributed by atoms with E-state index in [9.17, 15) is 14.6 Å². The van der Waals surface area contributed by atoms with Crippen LogP contribution < -0.4 is 5.73 Å². The molecule has 4 atom stereocenters. The van der Waals surface area contributed by atoms with Crippen molar-refractivity contribution in [2.45, 2.75) is 37.4 Å². The van der Waals surface area contributed by atoms with Gasteiger partial charge in [0, 0.05) is 0 Å². The Kier molecular flexibility index (Phi) is 3.68. The molecule has 120 valence electrons. The molecule has 1 aliphatic heterocycles. The maximum atomic E-state index is 14.5. The Balaban J connectivity index is 2.09. The number of imidazole rings is 1. The number of aromatic nitrogens is 4. The molecule has 1 fully saturated rings. The molecule has 4 N–H and O–H groups in total. The number of aliphatic hydroxyl groups excluding tert-OH is 2. The molecule has 10 heteroatoms. The predicted molar refractivity (Wildman–Crippen MR) is 75.9 cm³/mol. The van der Waals surface area contributed by atoms with Crippen LogP contribution in [-0.4, -0.2) is 54.2 Å². The Labute approximate surface area is 129 Å². The maximum Gasteiger partial charge on any atom is 0.226 e. The summed E-state index contributed by atoms with van der Waals surface area (Å²) in [6.07, 6.45) is -2.90. The first-order chi connectivity index (χ1) is 10.4. The monoisotopic (exact) mass is 331 g/mol. The van der Waals surface area contributed by atoms with E-state index in [2.05, 4.69) is 15.0 Å². The van der Waals surface area contributed by atoms with Gasteiger partial charge in [0.2, 0.25) is 5.28 Å². The lowest BCUT2D eigenvalue weighted by molar-refractivity contribution is -0.128. The molecule has 0 spiro atoms. The number of aliphatic hydroxyl groups is 2. The summed E-state index contributed by atoms with van der Waals surface area (Å²) in [6, 6.07) is 0. The largest absolute Gasteiger partial charge is 0.393 e. The van der Waals surface area contributed by atoms with Crippen LogP contribution >= 0.6 is 11.6 Å². The lowest BCUT2D eigenvalue weighted by Gasteiger charge is -2.28. The van der Waals surface area contributed by atoms with Crippen LogP contribution in [0.3, 0.4) is 0 Å². The molecule has 3 heterocycles. The van der Waals surface area contributed by atoms with E-state index < -0.39 is 30.7 Å². The molecule has 22 heavy (non-hydrogen) atoms. The maximum absolute atomic E-state index is 14.5. The third kappa shape index (κ3) is 2.04. The van der Waals surface area contributed by atoms with E-state index in [1.54, 1.807) is 6.92 Å². The van der Waals surface area contributed by atoms with Gasteiger partial charge in [0.15, 0.2) is 23.9 Å². The second-order valence-corrected chi connectivity index (χ2v) is 5.51. The highest BCUT2D eigenvalue weighted by Crippen LogP contribution is 2.41. The molecule has 2 aromatic rings. The van der Waals surface area contributed by atoms with Crippen molar-refractivity contribution in [1.82, 2.24) is 19.5 Å². The Morgan fingerprint density at radius 2 is 2.27 bits per heavy atom. The second kappa shape index (κ2) is 5.27. The van der Waals surface area contributed by atoms with Crippen molar-refractivity contribution < 1.29 is 19.3 Å². The van der Waals surface area contributed by atoms with Crippen molar-refractivity contribution in [3.63, 3.8) is 0 Å². The molecule has 0 saturated carbocycles. The van der Waals surface area contributed by atoms with Crippen molar-refractivity contribution in [3.8, 4) is 0 Å². The predicted octanol–water partition coefficient (Wildman–Crippen LogP) is 0.431. The average molecular weight is 332 g/mol. The number of hydrogen-bond acceptors (Lipinski definition) is 7. The van der Waals surface area contributed by atoms with Crippen molar-refractivity contribution in [2.75, 3.05) is 12.3 Å². The second-order valence-electron chi connectivity index (χ2n) is 5.18. The van der Waals surface area contributed by atoms with Gasteiger partial charge in [0.05, 0.1) is 12.9 Å². The van der Waals surface area contributed by atoms with Gasteiger partial charge in [-0.3, -0.25) is 4.57 Å². The first kappa shape index (κ1) is 15.3. The molecule has 0 aliphatic carbocycles. The van der Waals surface area contributed by atoms with Crippen LogP contribution in [-0.2, 0) is 4.74 Å². The average Bonchev–Trinajstić information content (AvgIpc) is 3.01. The number of nitrogens with two attached hydrogens (primary N) is 1. The summed E-state index contributed by atoms with van der Waals surface area (Å²) in [4.78, 5) is 11.8. The number of anilines is 1. The summed E-state index contributed by atoms with van der Waals surface area (Å²) >= 11 is 5.77. The third-order valence-electron chi connectivity index (χ3n) is 4.03. The Hall–Kier alpha value is -1.55. The molecule has 8 nitrogen and oxygen atoms in total. The van der Waals surface area contributed by atoms with E-state index in [1.807, 2.05) is 0 Å². The molecule has 1 aliphatic rings. The van der Waals surface area contributed by atoms with Gasteiger partial charge in [-0.15, -0.1) is 0 Å². The highest BCUT2D eigenvalue weighted by Gasteiger charge is 2.55. The third-order valence-corrected chi connectivity index (χ3v) is 4.20. The van der Waals surface area contributed by atoms with Crippen LogP contribution in [0.5, 0.6) is 0 Å². The smallest absolute Gasteiger partial charge is 0.226 e. The van der Waals surface area contributed by atoms with Crippen molar-refractivity contribution >= 4 is 28.6 Å². The minimum Gasteiger partial charge on any atom is -0.393 e. The van der Waals surface area contributed by atoms with E-state index in [-0.39, 0.29) is 28.7 Å². The molecule has 0 amide bonds. The fourth-order valence-electron chi connectivity index (χ4n) is 2.66. The number of hydrogen-bond donors (Lipinski definition) is 3. The fourth-order valence-corrected chi connectivity index (χ4v) is 2.83. The van der Waals surface area contributed by atoms with E-state index in [4.69, 9.17) is 22.1 Å². The molecule has 0 unspecified atom stereocenters. The van der Waals surface area contributed by atoms with Gasteiger partial charge in [-0.1, -0.05) is 6.92 Å². The Morgan fingerprint density at radius 3 is 2.86 bits per heavy atom. The lowest BCUT2D eigenvalue weighted by Crippen LogP contribution is -2.44.